The summed E-state index contributed by atoms with van der Waals surface area (Å²) in [6.07, 6.45) is 0. The summed E-state index contributed by atoms with van der Waals surface area (Å²) in [4.78, 5) is 0. The summed E-state index contributed by atoms with van der Waals surface area (Å²) < 4.78 is 10.3. The molecule has 0 aliphatic rings. The Hall–Kier alpha value is -2.00. The third-order valence-corrected chi connectivity index (χ3v) is 3.25. The zero-order valence-corrected chi connectivity index (χ0v) is 12.3. The topological polar surface area (TPSA) is 30.5 Å². The lowest BCUT2D eigenvalue weighted by molar-refractivity contribution is 0.185. The molecule has 0 atom stereocenters. The molecular weight excluding hydrogens is 250 g/mol. The van der Waals surface area contributed by atoms with Crippen molar-refractivity contribution in [2.45, 2.75) is 20.1 Å². The first-order valence-corrected chi connectivity index (χ1v) is 6.68. The molecule has 0 amide bonds. The van der Waals surface area contributed by atoms with Gasteiger partial charge in [-0.05, 0) is 41.8 Å². The van der Waals surface area contributed by atoms with Crippen molar-refractivity contribution in [1.82, 2.24) is 0 Å². The summed E-state index contributed by atoms with van der Waals surface area (Å²) >= 11 is 0. The SMILES string of the molecule is COCc1ccc(CNc2ccc(OC)cc2C)cc1. The Balaban J connectivity index is 1.97. The van der Waals surface area contributed by atoms with Gasteiger partial charge >= 0.3 is 0 Å². The number of aryl methyl sites for hydroxylation is 1. The summed E-state index contributed by atoms with van der Waals surface area (Å²) in [6, 6.07) is 14.5. The maximum Gasteiger partial charge on any atom is 0.119 e. The van der Waals surface area contributed by atoms with E-state index in [0.717, 1.165) is 18.0 Å². The maximum atomic E-state index is 5.21. The zero-order chi connectivity index (χ0) is 14.4. The van der Waals surface area contributed by atoms with Crippen molar-refractivity contribution in [2.75, 3.05) is 19.5 Å². The molecule has 3 nitrogen and oxygen atoms in total. The highest BCUT2D eigenvalue weighted by Crippen LogP contribution is 2.21. The standard InChI is InChI=1S/C17H21NO2/c1-13-10-16(20-3)8-9-17(13)18-11-14-4-6-15(7-5-14)12-19-2/h4-10,18H,11-12H2,1-3H3. The summed E-state index contributed by atoms with van der Waals surface area (Å²) in [5, 5.41) is 3.45. The van der Waals surface area contributed by atoms with Crippen molar-refractivity contribution in [2.24, 2.45) is 0 Å². The minimum absolute atomic E-state index is 0.658. The molecule has 1 N–H and O–H groups in total. The molecule has 2 rings (SSSR count). The van der Waals surface area contributed by atoms with Gasteiger partial charge in [-0.25, -0.2) is 0 Å². The van der Waals surface area contributed by atoms with Crippen molar-refractivity contribution < 1.29 is 9.47 Å². The van der Waals surface area contributed by atoms with E-state index < -0.39 is 0 Å². The number of anilines is 1. The second-order valence-electron chi connectivity index (χ2n) is 4.78. The summed E-state index contributed by atoms with van der Waals surface area (Å²) in [7, 11) is 3.39. The molecule has 106 valence electrons. The van der Waals surface area contributed by atoms with Gasteiger partial charge in [0.15, 0.2) is 0 Å². The van der Waals surface area contributed by atoms with Gasteiger partial charge in [-0.15, -0.1) is 0 Å². The molecule has 0 saturated carbocycles. The first-order valence-electron chi connectivity index (χ1n) is 6.68. The van der Waals surface area contributed by atoms with Gasteiger partial charge in [0, 0.05) is 19.3 Å². The van der Waals surface area contributed by atoms with Crippen LogP contribution in [0, 0.1) is 6.92 Å². The third kappa shape index (κ3) is 3.75. The number of hydrogen-bond acceptors (Lipinski definition) is 3. The maximum absolute atomic E-state index is 5.21. The first kappa shape index (κ1) is 14.4. The minimum Gasteiger partial charge on any atom is -0.497 e. The van der Waals surface area contributed by atoms with Crippen LogP contribution in [-0.2, 0) is 17.9 Å². The predicted octanol–water partition coefficient (Wildman–Crippen LogP) is 3.76. The molecule has 0 unspecified atom stereocenters. The van der Waals surface area contributed by atoms with E-state index in [2.05, 4.69) is 36.5 Å². The number of methoxy groups -OCH3 is 2. The van der Waals surface area contributed by atoms with Crippen molar-refractivity contribution in [3.05, 3.63) is 59.2 Å². The molecule has 0 aliphatic carbocycles. The highest BCUT2D eigenvalue weighted by atomic mass is 16.5. The molecule has 3 heteroatoms. The Morgan fingerprint density at radius 2 is 1.65 bits per heavy atom. The Labute approximate surface area is 120 Å². The molecule has 0 aliphatic heterocycles. The summed E-state index contributed by atoms with van der Waals surface area (Å²) in [6.45, 7) is 3.54. The highest BCUT2D eigenvalue weighted by molar-refractivity contribution is 5.53. The van der Waals surface area contributed by atoms with Gasteiger partial charge in [0.05, 0.1) is 13.7 Å². The molecule has 2 aromatic carbocycles. The van der Waals surface area contributed by atoms with Crippen LogP contribution in [-0.4, -0.2) is 14.2 Å². The van der Waals surface area contributed by atoms with E-state index in [1.807, 2.05) is 18.2 Å². The summed E-state index contributed by atoms with van der Waals surface area (Å²) in [5.74, 6) is 0.886. The van der Waals surface area contributed by atoms with Gasteiger partial charge in [-0.1, -0.05) is 24.3 Å². The van der Waals surface area contributed by atoms with Crippen LogP contribution in [0.5, 0.6) is 5.75 Å². The fraction of sp³-hybridized carbons (Fsp3) is 0.294. The van der Waals surface area contributed by atoms with Crippen LogP contribution in [0.4, 0.5) is 5.69 Å². The lowest BCUT2D eigenvalue weighted by Gasteiger charge is -2.11. The van der Waals surface area contributed by atoms with Gasteiger partial charge in [0.1, 0.15) is 5.75 Å². The summed E-state index contributed by atoms with van der Waals surface area (Å²) in [5.41, 5.74) is 4.75. The molecule has 20 heavy (non-hydrogen) atoms. The quantitative estimate of drug-likeness (QED) is 0.867. The Bertz CT molecular complexity index is 549. The molecule has 0 radical (unpaired) electrons. The normalized spacial score (nSPS) is 10.3. The lowest BCUT2D eigenvalue weighted by atomic mass is 10.1. The van der Waals surface area contributed by atoms with E-state index in [1.54, 1.807) is 14.2 Å². The van der Waals surface area contributed by atoms with Crippen LogP contribution in [0.1, 0.15) is 16.7 Å². The third-order valence-electron chi connectivity index (χ3n) is 3.25. The number of hydrogen-bond donors (Lipinski definition) is 1. The fourth-order valence-corrected chi connectivity index (χ4v) is 2.08. The van der Waals surface area contributed by atoms with Crippen LogP contribution in [0.2, 0.25) is 0 Å². The van der Waals surface area contributed by atoms with E-state index in [4.69, 9.17) is 9.47 Å². The van der Waals surface area contributed by atoms with Crippen LogP contribution in [0.25, 0.3) is 0 Å². The van der Waals surface area contributed by atoms with Crippen molar-refractivity contribution >= 4 is 5.69 Å². The predicted molar refractivity (Wildman–Crippen MR) is 82.2 cm³/mol. The number of nitrogens with one attached hydrogen (secondary N) is 1. The molecule has 2 aromatic rings. The fourth-order valence-electron chi connectivity index (χ4n) is 2.08. The van der Waals surface area contributed by atoms with Gasteiger partial charge in [-0.3, -0.25) is 0 Å². The van der Waals surface area contributed by atoms with E-state index in [9.17, 15) is 0 Å². The molecule has 0 heterocycles. The number of ether oxygens (including phenoxy) is 2. The van der Waals surface area contributed by atoms with E-state index in [0.29, 0.717) is 6.61 Å². The molecule has 0 aromatic heterocycles. The number of benzene rings is 2. The molecule has 0 saturated heterocycles. The first-order chi connectivity index (χ1) is 9.72. The molecular formula is C17H21NO2. The van der Waals surface area contributed by atoms with Crippen LogP contribution in [0.15, 0.2) is 42.5 Å². The van der Waals surface area contributed by atoms with Crippen molar-refractivity contribution in [1.29, 1.82) is 0 Å². The van der Waals surface area contributed by atoms with Gasteiger partial charge in [-0.2, -0.15) is 0 Å². The Morgan fingerprint density at radius 1 is 0.950 bits per heavy atom. The van der Waals surface area contributed by atoms with Crippen LogP contribution in [0.3, 0.4) is 0 Å². The smallest absolute Gasteiger partial charge is 0.119 e. The molecule has 0 fully saturated rings. The molecule has 0 bridgehead atoms. The van der Waals surface area contributed by atoms with Crippen LogP contribution < -0.4 is 10.1 Å². The monoisotopic (exact) mass is 271 g/mol. The van der Waals surface area contributed by atoms with Gasteiger partial charge in [0.2, 0.25) is 0 Å². The second-order valence-corrected chi connectivity index (χ2v) is 4.78. The van der Waals surface area contributed by atoms with Crippen LogP contribution >= 0.6 is 0 Å². The van der Waals surface area contributed by atoms with E-state index in [-0.39, 0.29) is 0 Å². The molecule has 0 spiro atoms. The Kier molecular flexibility index (Phi) is 5.02. The van der Waals surface area contributed by atoms with E-state index in [1.165, 1.54) is 16.7 Å². The van der Waals surface area contributed by atoms with Gasteiger partial charge < -0.3 is 14.8 Å². The van der Waals surface area contributed by atoms with Gasteiger partial charge in [0.25, 0.3) is 0 Å². The lowest BCUT2D eigenvalue weighted by Crippen LogP contribution is -2.01. The van der Waals surface area contributed by atoms with Crippen molar-refractivity contribution in [3.8, 4) is 5.75 Å². The van der Waals surface area contributed by atoms with E-state index >= 15 is 0 Å². The Morgan fingerprint density at radius 3 is 2.25 bits per heavy atom. The van der Waals surface area contributed by atoms with Crippen molar-refractivity contribution in [3.63, 3.8) is 0 Å². The zero-order valence-electron chi connectivity index (χ0n) is 12.3. The average Bonchev–Trinajstić information content (AvgIpc) is 2.48. The second kappa shape index (κ2) is 6.96. The largest absolute Gasteiger partial charge is 0.497 e. The minimum atomic E-state index is 0.658. The highest BCUT2D eigenvalue weighted by Gasteiger charge is 2.00. The number of rotatable bonds is 6. The average molecular weight is 271 g/mol.